The molecule has 1 aromatic heterocycles. The van der Waals surface area contributed by atoms with Gasteiger partial charge in [-0.2, -0.15) is 18.3 Å². The molecule has 0 unspecified atom stereocenters. The lowest BCUT2D eigenvalue weighted by Crippen LogP contribution is -2.37. The van der Waals surface area contributed by atoms with Crippen molar-refractivity contribution in [2.24, 2.45) is 5.10 Å². The van der Waals surface area contributed by atoms with Gasteiger partial charge in [0.15, 0.2) is 0 Å². The summed E-state index contributed by atoms with van der Waals surface area (Å²) >= 11 is 0. The monoisotopic (exact) mass is 350 g/mol. The Hall–Kier alpha value is -3.23. The van der Waals surface area contributed by atoms with Crippen LogP contribution in [0.15, 0.2) is 53.9 Å². The molecule has 130 valence electrons. The number of hydrogen-bond donors (Lipinski definition) is 2. The predicted octanol–water partition coefficient (Wildman–Crippen LogP) is 1.87. The third kappa shape index (κ3) is 5.41. The number of nitrogens with one attached hydrogen (secondary N) is 2. The third-order valence-corrected chi connectivity index (χ3v) is 3.04. The molecule has 2 aromatic rings. The molecule has 0 bridgehead atoms. The van der Waals surface area contributed by atoms with Crippen molar-refractivity contribution in [3.05, 3.63) is 65.5 Å². The van der Waals surface area contributed by atoms with E-state index in [0.29, 0.717) is 0 Å². The highest BCUT2D eigenvalue weighted by atomic mass is 19.4. The molecule has 0 aliphatic rings. The zero-order chi connectivity index (χ0) is 18.3. The number of alkyl halides is 3. The number of halogens is 3. The van der Waals surface area contributed by atoms with Crippen LogP contribution >= 0.6 is 0 Å². The number of rotatable bonds is 4. The van der Waals surface area contributed by atoms with Crippen molar-refractivity contribution < 1.29 is 22.8 Å². The van der Waals surface area contributed by atoms with Gasteiger partial charge in [-0.1, -0.05) is 18.2 Å². The fraction of sp³-hybridized carbons (Fsp3) is 0.125. The maximum atomic E-state index is 12.8. The molecule has 2 rings (SSSR count). The SMILES string of the molecule is O=C(NCc1ccncc1)C(=O)N/N=C\c1ccccc1C(F)(F)F. The van der Waals surface area contributed by atoms with Crippen LogP contribution in [-0.2, 0) is 22.3 Å². The van der Waals surface area contributed by atoms with E-state index in [-0.39, 0.29) is 12.1 Å². The van der Waals surface area contributed by atoms with Crippen molar-refractivity contribution >= 4 is 18.0 Å². The van der Waals surface area contributed by atoms with Crippen molar-refractivity contribution in [3.63, 3.8) is 0 Å². The van der Waals surface area contributed by atoms with Gasteiger partial charge in [0, 0.05) is 24.5 Å². The minimum atomic E-state index is -4.55. The first-order chi connectivity index (χ1) is 11.9. The average molecular weight is 350 g/mol. The normalized spacial score (nSPS) is 11.3. The highest BCUT2D eigenvalue weighted by Gasteiger charge is 2.32. The number of hydrogen-bond acceptors (Lipinski definition) is 4. The first-order valence-corrected chi connectivity index (χ1v) is 7.04. The summed E-state index contributed by atoms with van der Waals surface area (Å²) in [5.41, 5.74) is 1.50. The minimum Gasteiger partial charge on any atom is -0.344 e. The van der Waals surface area contributed by atoms with E-state index < -0.39 is 23.6 Å². The fourth-order valence-electron chi connectivity index (χ4n) is 1.84. The summed E-state index contributed by atoms with van der Waals surface area (Å²) in [6.07, 6.45) is -0.653. The van der Waals surface area contributed by atoms with Gasteiger partial charge in [0.05, 0.1) is 11.8 Å². The molecule has 0 aliphatic heterocycles. The highest BCUT2D eigenvalue weighted by molar-refractivity contribution is 6.35. The summed E-state index contributed by atoms with van der Waals surface area (Å²) in [7, 11) is 0. The molecule has 0 saturated carbocycles. The Morgan fingerprint density at radius 2 is 1.76 bits per heavy atom. The summed E-state index contributed by atoms with van der Waals surface area (Å²) in [4.78, 5) is 27.0. The molecule has 0 atom stereocenters. The first kappa shape index (κ1) is 18.1. The van der Waals surface area contributed by atoms with Gasteiger partial charge in [0.2, 0.25) is 0 Å². The Kier molecular flexibility index (Phi) is 5.83. The van der Waals surface area contributed by atoms with Crippen LogP contribution in [0.3, 0.4) is 0 Å². The van der Waals surface area contributed by atoms with E-state index in [0.717, 1.165) is 17.8 Å². The van der Waals surface area contributed by atoms with Crippen molar-refractivity contribution in [1.29, 1.82) is 0 Å². The molecular weight excluding hydrogens is 337 g/mol. The molecule has 25 heavy (non-hydrogen) atoms. The number of amides is 2. The number of carbonyl (C=O) groups excluding carboxylic acids is 2. The molecule has 9 heteroatoms. The van der Waals surface area contributed by atoms with Crippen LogP contribution in [-0.4, -0.2) is 23.0 Å². The number of nitrogens with zero attached hydrogens (tertiary/aromatic N) is 2. The molecule has 6 nitrogen and oxygen atoms in total. The van der Waals surface area contributed by atoms with Crippen LogP contribution < -0.4 is 10.7 Å². The fourth-order valence-corrected chi connectivity index (χ4v) is 1.84. The maximum absolute atomic E-state index is 12.8. The van der Waals surface area contributed by atoms with E-state index in [1.54, 1.807) is 12.1 Å². The average Bonchev–Trinajstić information content (AvgIpc) is 2.60. The Labute approximate surface area is 140 Å². The molecule has 0 aliphatic carbocycles. The van der Waals surface area contributed by atoms with Crippen LogP contribution in [0, 0.1) is 0 Å². The van der Waals surface area contributed by atoms with Crippen LogP contribution in [0.2, 0.25) is 0 Å². The number of pyridine rings is 1. The van der Waals surface area contributed by atoms with E-state index in [9.17, 15) is 22.8 Å². The van der Waals surface area contributed by atoms with Gasteiger partial charge < -0.3 is 5.32 Å². The second kappa shape index (κ2) is 8.04. The largest absolute Gasteiger partial charge is 0.417 e. The van der Waals surface area contributed by atoms with E-state index in [2.05, 4.69) is 15.4 Å². The number of aromatic nitrogens is 1. The second-order valence-corrected chi connectivity index (χ2v) is 4.82. The van der Waals surface area contributed by atoms with E-state index in [1.165, 1.54) is 30.6 Å². The molecular formula is C16H13F3N4O2. The van der Waals surface area contributed by atoms with E-state index in [4.69, 9.17) is 0 Å². The Morgan fingerprint density at radius 1 is 1.08 bits per heavy atom. The van der Waals surface area contributed by atoms with E-state index in [1.807, 2.05) is 5.43 Å². The topological polar surface area (TPSA) is 83.5 Å². The summed E-state index contributed by atoms with van der Waals surface area (Å²) in [6.45, 7) is 0.107. The van der Waals surface area contributed by atoms with Crippen molar-refractivity contribution in [2.75, 3.05) is 0 Å². The van der Waals surface area contributed by atoms with Crippen LogP contribution in [0.1, 0.15) is 16.7 Å². The standard InChI is InChI=1S/C16H13F3N4O2/c17-16(18,19)13-4-2-1-3-12(13)10-22-23-15(25)14(24)21-9-11-5-7-20-8-6-11/h1-8,10H,9H2,(H,21,24)(H,23,25)/b22-10-. The molecule has 1 aromatic carbocycles. The summed E-state index contributed by atoms with van der Waals surface area (Å²) in [5, 5.41) is 5.75. The first-order valence-electron chi connectivity index (χ1n) is 7.04. The van der Waals surface area contributed by atoms with Gasteiger partial charge in [-0.05, 0) is 23.8 Å². The highest BCUT2D eigenvalue weighted by Crippen LogP contribution is 2.30. The van der Waals surface area contributed by atoms with Gasteiger partial charge in [-0.15, -0.1) is 0 Å². The Bertz CT molecular complexity index is 776. The lowest BCUT2D eigenvalue weighted by atomic mass is 10.1. The lowest BCUT2D eigenvalue weighted by Gasteiger charge is -2.09. The number of carbonyl (C=O) groups is 2. The quantitative estimate of drug-likeness (QED) is 0.502. The van der Waals surface area contributed by atoms with Gasteiger partial charge in [0.25, 0.3) is 0 Å². The molecule has 0 fully saturated rings. The molecule has 0 spiro atoms. The van der Waals surface area contributed by atoms with Crippen LogP contribution in [0.4, 0.5) is 13.2 Å². The smallest absolute Gasteiger partial charge is 0.344 e. The Morgan fingerprint density at radius 3 is 2.44 bits per heavy atom. The molecule has 2 N–H and O–H groups in total. The lowest BCUT2D eigenvalue weighted by molar-refractivity contribution is -0.139. The summed E-state index contributed by atoms with van der Waals surface area (Å²) in [5.74, 6) is -2.05. The maximum Gasteiger partial charge on any atom is 0.417 e. The van der Waals surface area contributed by atoms with Crippen molar-refractivity contribution in [1.82, 2.24) is 15.7 Å². The Balaban J connectivity index is 1.91. The molecule has 1 heterocycles. The molecule has 0 saturated heterocycles. The predicted molar refractivity (Wildman–Crippen MR) is 83.3 cm³/mol. The van der Waals surface area contributed by atoms with Gasteiger partial charge in [0.1, 0.15) is 0 Å². The van der Waals surface area contributed by atoms with Gasteiger partial charge in [-0.3, -0.25) is 14.6 Å². The van der Waals surface area contributed by atoms with Crippen LogP contribution in [0.25, 0.3) is 0 Å². The van der Waals surface area contributed by atoms with Crippen molar-refractivity contribution in [3.8, 4) is 0 Å². The third-order valence-electron chi connectivity index (χ3n) is 3.04. The minimum absolute atomic E-state index is 0.107. The van der Waals surface area contributed by atoms with Gasteiger partial charge >= 0.3 is 18.0 Å². The number of hydrazone groups is 1. The van der Waals surface area contributed by atoms with E-state index >= 15 is 0 Å². The zero-order valence-corrected chi connectivity index (χ0v) is 12.7. The molecule has 0 radical (unpaired) electrons. The van der Waals surface area contributed by atoms with Crippen LogP contribution in [0.5, 0.6) is 0 Å². The summed E-state index contributed by atoms with van der Waals surface area (Å²) < 4.78 is 38.4. The van der Waals surface area contributed by atoms with Crippen molar-refractivity contribution in [2.45, 2.75) is 12.7 Å². The summed E-state index contributed by atoms with van der Waals surface area (Å²) in [6, 6.07) is 8.05. The second-order valence-electron chi connectivity index (χ2n) is 4.82. The number of benzene rings is 1. The zero-order valence-electron chi connectivity index (χ0n) is 12.7. The van der Waals surface area contributed by atoms with Gasteiger partial charge in [-0.25, -0.2) is 5.43 Å². The molecule has 2 amide bonds.